The molecule has 1 rings (SSSR count). The molecule has 2 amide bonds. The van der Waals surface area contributed by atoms with Crippen molar-refractivity contribution >= 4 is 6.03 Å². The number of urea groups is 1. The third-order valence-corrected chi connectivity index (χ3v) is 3.95. The molecule has 0 aromatic rings. The summed E-state index contributed by atoms with van der Waals surface area (Å²) in [4.78, 5) is 11.8. The third kappa shape index (κ3) is 5.37. The van der Waals surface area contributed by atoms with Crippen LogP contribution in [-0.2, 0) is 0 Å². The molecular weight excluding hydrogens is 244 g/mol. The van der Waals surface area contributed by atoms with E-state index in [2.05, 4.69) is 10.6 Å². The highest BCUT2D eigenvalue weighted by atomic mass is 16.3. The molecule has 0 aromatic carbocycles. The maximum Gasteiger partial charge on any atom is 0.315 e. The first kappa shape index (κ1) is 16.2. The summed E-state index contributed by atoms with van der Waals surface area (Å²) in [6.07, 6.45) is 3.84. The number of hydrogen-bond acceptors (Lipinski definition) is 3. The zero-order chi connectivity index (χ0) is 14.5. The number of amides is 2. The van der Waals surface area contributed by atoms with Gasteiger partial charge in [-0.3, -0.25) is 0 Å². The van der Waals surface area contributed by atoms with Crippen LogP contribution in [0.4, 0.5) is 4.79 Å². The lowest BCUT2D eigenvalue weighted by Crippen LogP contribution is -2.54. The summed E-state index contributed by atoms with van der Waals surface area (Å²) in [5, 5.41) is 24.2. The van der Waals surface area contributed by atoms with E-state index in [1.165, 1.54) is 0 Å². The molecule has 0 spiro atoms. The monoisotopic (exact) mass is 272 g/mol. The number of carbonyl (C=O) groups excluding carboxylic acids is 1. The summed E-state index contributed by atoms with van der Waals surface area (Å²) in [5.74, 6) is 0.400. The fraction of sp³-hybridized carbons (Fsp3) is 0.929. The third-order valence-electron chi connectivity index (χ3n) is 3.95. The molecule has 5 heteroatoms. The number of aliphatic hydroxyl groups is 2. The number of carbonyl (C=O) groups is 1. The Balaban J connectivity index is 2.21. The van der Waals surface area contributed by atoms with Gasteiger partial charge in [0.1, 0.15) is 0 Å². The predicted octanol–water partition coefficient (Wildman–Crippen LogP) is 1.25. The van der Waals surface area contributed by atoms with Gasteiger partial charge >= 0.3 is 6.03 Å². The molecule has 0 heterocycles. The number of hydrogen-bond donors (Lipinski definition) is 4. The topological polar surface area (TPSA) is 81.6 Å². The van der Waals surface area contributed by atoms with Crippen LogP contribution in [0.1, 0.15) is 46.5 Å². The first-order valence-electron chi connectivity index (χ1n) is 7.11. The van der Waals surface area contributed by atoms with E-state index in [-0.39, 0.29) is 24.7 Å². The van der Waals surface area contributed by atoms with Crippen LogP contribution in [0.5, 0.6) is 0 Å². The van der Waals surface area contributed by atoms with Gasteiger partial charge in [-0.25, -0.2) is 4.79 Å². The van der Waals surface area contributed by atoms with Gasteiger partial charge in [0.05, 0.1) is 12.1 Å². The van der Waals surface area contributed by atoms with Gasteiger partial charge in [0.25, 0.3) is 0 Å². The number of rotatable bonds is 8. The van der Waals surface area contributed by atoms with Crippen molar-refractivity contribution in [1.29, 1.82) is 0 Å². The zero-order valence-corrected chi connectivity index (χ0v) is 12.3. The van der Waals surface area contributed by atoms with E-state index in [9.17, 15) is 9.90 Å². The Hall–Kier alpha value is -0.810. The lowest BCUT2D eigenvalue weighted by atomic mass is 9.89. The lowest BCUT2D eigenvalue weighted by Gasteiger charge is -2.29. The van der Waals surface area contributed by atoms with E-state index in [0.717, 1.165) is 25.7 Å². The maximum absolute atomic E-state index is 11.8. The minimum atomic E-state index is -0.492. The molecule has 0 bridgehead atoms. The highest BCUT2D eigenvalue weighted by Crippen LogP contribution is 2.39. The molecule has 1 atom stereocenters. The summed E-state index contributed by atoms with van der Waals surface area (Å²) in [5.41, 5.74) is -0.583. The smallest absolute Gasteiger partial charge is 0.315 e. The number of nitrogens with one attached hydrogen (secondary N) is 2. The summed E-state index contributed by atoms with van der Waals surface area (Å²) in [7, 11) is 0. The fourth-order valence-electron chi connectivity index (χ4n) is 2.14. The molecule has 1 aliphatic carbocycles. The van der Waals surface area contributed by atoms with Crippen LogP contribution in [0.25, 0.3) is 0 Å². The predicted molar refractivity (Wildman–Crippen MR) is 74.9 cm³/mol. The molecule has 0 radical (unpaired) electrons. The Morgan fingerprint density at radius 3 is 2.32 bits per heavy atom. The van der Waals surface area contributed by atoms with Crippen LogP contribution < -0.4 is 10.6 Å². The summed E-state index contributed by atoms with van der Waals surface area (Å²) in [6.45, 7) is 6.61. The standard InChI is InChI=1S/C14H28N2O3/c1-13(2,9-17)7-4-8-15-12(19)16-14(3,10-18)11-5-6-11/h11,17-18H,4-10H2,1-3H3,(H2,15,16,19). The minimum Gasteiger partial charge on any atom is -0.396 e. The van der Waals surface area contributed by atoms with Crippen LogP contribution in [0.2, 0.25) is 0 Å². The van der Waals surface area contributed by atoms with Crippen LogP contribution in [-0.4, -0.2) is 41.5 Å². The van der Waals surface area contributed by atoms with Gasteiger partial charge in [0.15, 0.2) is 0 Å². The van der Waals surface area contributed by atoms with E-state index >= 15 is 0 Å². The Morgan fingerprint density at radius 2 is 1.84 bits per heavy atom. The average molecular weight is 272 g/mol. The summed E-state index contributed by atoms with van der Waals surface area (Å²) >= 11 is 0. The number of aliphatic hydroxyl groups excluding tert-OH is 2. The molecule has 112 valence electrons. The molecule has 1 aliphatic rings. The van der Waals surface area contributed by atoms with Gasteiger partial charge < -0.3 is 20.8 Å². The highest BCUT2D eigenvalue weighted by Gasteiger charge is 2.42. The molecule has 1 fully saturated rings. The molecule has 0 saturated heterocycles. The Kier molecular flexibility index (Phi) is 5.62. The molecular formula is C14H28N2O3. The van der Waals surface area contributed by atoms with Crippen molar-refractivity contribution in [2.24, 2.45) is 11.3 Å². The summed E-state index contributed by atoms with van der Waals surface area (Å²) < 4.78 is 0. The minimum absolute atomic E-state index is 0.0252. The van der Waals surface area contributed by atoms with Gasteiger partial charge in [0, 0.05) is 13.2 Å². The normalized spacial score (nSPS) is 18.8. The first-order chi connectivity index (χ1) is 8.83. The van der Waals surface area contributed by atoms with E-state index in [4.69, 9.17) is 5.11 Å². The Morgan fingerprint density at radius 1 is 1.21 bits per heavy atom. The van der Waals surface area contributed by atoms with Crippen molar-refractivity contribution in [3.8, 4) is 0 Å². The first-order valence-corrected chi connectivity index (χ1v) is 7.11. The largest absolute Gasteiger partial charge is 0.396 e. The van der Waals surface area contributed by atoms with Gasteiger partial charge in [-0.2, -0.15) is 0 Å². The molecule has 19 heavy (non-hydrogen) atoms. The Bertz CT molecular complexity index is 303. The Labute approximate surface area is 115 Å². The molecule has 0 aromatic heterocycles. The second-order valence-electron chi connectivity index (χ2n) is 6.66. The van der Waals surface area contributed by atoms with Crippen molar-refractivity contribution in [2.75, 3.05) is 19.8 Å². The van der Waals surface area contributed by atoms with Crippen LogP contribution in [0.3, 0.4) is 0 Å². The molecule has 1 unspecified atom stereocenters. The van der Waals surface area contributed by atoms with E-state index in [1.807, 2.05) is 20.8 Å². The van der Waals surface area contributed by atoms with E-state index < -0.39 is 5.54 Å². The lowest BCUT2D eigenvalue weighted by molar-refractivity contribution is 0.146. The second-order valence-corrected chi connectivity index (χ2v) is 6.66. The van der Waals surface area contributed by atoms with Crippen LogP contribution in [0.15, 0.2) is 0 Å². The van der Waals surface area contributed by atoms with Crippen molar-refractivity contribution in [1.82, 2.24) is 10.6 Å². The second kappa shape index (κ2) is 6.57. The zero-order valence-electron chi connectivity index (χ0n) is 12.3. The van der Waals surface area contributed by atoms with E-state index in [0.29, 0.717) is 12.5 Å². The quantitative estimate of drug-likeness (QED) is 0.502. The maximum atomic E-state index is 11.8. The van der Waals surface area contributed by atoms with Crippen molar-refractivity contribution in [3.63, 3.8) is 0 Å². The van der Waals surface area contributed by atoms with Crippen LogP contribution >= 0.6 is 0 Å². The average Bonchev–Trinajstić information content (AvgIpc) is 3.19. The summed E-state index contributed by atoms with van der Waals surface area (Å²) in [6, 6.07) is -0.217. The van der Waals surface area contributed by atoms with Crippen LogP contribution in [0, 0.1) is 11.3 Å². The van der Waals surface area contributed by atoms with Crippen molar-refractivity contribution < 1.29 is 15.0 Å². The molecule has 5 nitrogen and oxygen atoms in total. The van der Waals surface area contributed by atoms with Gasteiger partial charge in [-0.15, -0.1) is 0 Å². The highest BCUT2D eigenvalue weighted by molar-refractivity contribution is 5.74. The SMILES string of the molecule is CC(C)(CO)CCCNC(=O)NC(C)(CO)C1CC1. The molecule has 1 saturated carbocycles. The van der Waals surface area contributed by atoms with Gasteiger partial charge in [-0.1, -0.05) is 13.8 Å². The fourth-order valence-corrected chi connectivity index (χ4v) is 2.14. The molecule has 0 aliphatic heterocycles. The van der Waals surface area contributed by atoms with Gasteiger partial charge in [0.2, 0.25) is 0 Å². The van der Waals surface area contributed by atoms with Gasteiger partial charge in [-0.05, 0) is 43.9 Å². The van der Waals surface area contributed by atoms with Crippen molar-refractivity contribution in [3.05, 3.63) is 0 Å². The van der Waals surface area contributed by atoms with Crippen molar-refractivity contribution in [2.45, 2.75) is 52.0 Å². The van der Waals surface area contributed by atoms with E-state index in [1.54, 1.807) is 0 Å². The molecule has 4 N–H and O–H groups in total.